The van der Waals surface area contributed by atoms with Crippen LogP contribution in [0.25, 0.3) is 11.0 Å². The molecule has 0 radical (unpaired) electrons. The van der Waals surface area contributed by atoms with Crippen LogP contribution in [-0.4, -0.2) is 55.2 Å². The monoisotopic (exact) mass is 384 g/mol. The molecule has 1 aromatic carbocycles. The molecule has 2 aliphatic heterocycles. The molecule has 1 unspecified atom stereocenters. The molecule has 0 aliphatic carbocycles. The molecule has 152 valence electrons. The minimum absolute atomic E-state index is 0.249. The van der Waals surface area contributed by atoms with Gasteiger partial charge in [-0.15, -0.1) is 0 Å². The van der Waals surface area contributed by atoms with Crippen LogP contribution in [0.2, 0.25) is 0 Å². The van der Waals surface area contributed by atoms with Crippen molar-refractivity contribution in [1.29, 1.82) is 0 Å². The summed E-state index contributed by atoms with van der Waals surface area (Å²) in [5.74, 6) is 0.747. The van der Waals surface area contributed by atoms with Crippen LogP contribution in [0, 0.1) is 19.8 Å². The van der Waals surface area contributed by atoms with Gasteiger partial charge in [-0.2, -0.15) is 0 Å². The minimum Gasteiger partial charge on any atom is -0.423 e. The van der Waals surface area contributed by atoms with Crippen molar-refractivity contribution in [3.05, 3.63) is 45.3 Å². The average Bonchev–Trinajstić information content (AvgIpc) is 2.70. The average molecular weight is 385 g/mol. The maximum Gasteiger partial charge on any atom is 0.336 e. The summed E-state index contributed by atoms with van der Waals surface area (Å²) in [5, 5.41) is 1.08. The first-order valence-electron chi connectivity index (χ1n) is 10.6. The molecule has 4 rings (SSSR count). The molecule has 0 amide bonds. The molecule has 1 atom stereocenters. The Balaban J connectivity index is 1.43. The van der Waals surface area contributed by atoms with Crippen molar-refractivity contribution >= 4 is 11.0 Å². The van der Waals surface area contributed by atoms with Gasteiger partial charge in [0.05, 0.1) is 13.2 Å². The molecule has 2 fully saturated rings. The number of rotatable bonds is 4. The SMILES string of the molecule is Cc1cc2oc(=O)cc(CN3CCC(C(C)N4CCOCC4)CC3)c2cc1C. The summed E-state index contributed by atoms with van der Waals surface area (Å²) in [6.07, 6.45) is 2.44. The van der Waals surface area contributed by atoms with Crippen molar-refractivity contribution in [2.45, 2.75) is 46.2 Å². The fraction of sp³-hybridized carbons (Fsp3) is 0.609. The van der Waals surface area contributed by atoms with Crippen LogP contribution >= 0.6 is 0 Å². The predicted octanol–water partition coefficient (Wildman–Crippen LogP) is 3.34. The second-order valence-electron chi connectivity index (χ2n) is 8.53. The van der Waals surface area contributed by atoms with E-state index in [1.165, 1.54) is 18.4 Å². The predicted molar refractivity (Wildman–Crippen MR) is 112 cm³/mol. The van der Waals surface area contributed by atoms with Crippen LogP contribution in [0.3, 0.4) is 0 Å². The maximum absolute atomic E-state index is 12.1. The Morgan fingerprint density at radius 3 is 2.43 bits per heavy atom. The molecular weight excluding hydrogens is 352 g/mol. The van der Waals surface area contributed by atoms with Crippen molar-refractivity contribution in [3.8, 4) is 0 Å². The molecule has 2 saturated heterocycles. The van der Waals surface area contributed by atoms with Gasteiger partial charge in [0, 0.05) is 37.1 Å². The summed E-state index contributed by atoms with van der Waals surface area (Å²) in [4.78, 5) is 17.1. The number of hydrogen-bond donors (Lipinski definition) is 0. The van der Waals surface area contributed by atoms with Gasteiger partial charge in [0.15, 0.2) is 0 Å². The maximum atomic E-state index is 12.1. The summed E-state index contributed by atoms with van der Waals surface area (Å²) in [6.45, 7) is 13.4. The second kappa shape index (κ2) is 8.36. The number of nitrogens with zero attached hydrogens (tertiary/aromatic N) is 2. The molecule has 28 heavy (non-hydrogen) atoms. The number of aryl methyl sites for hydroxylation is 2. The van der Waals surface area contributed by atoms with Gasteiger partial charge in [-0.3, -0.25) is 9.80 Å². The number of hydrogen-bond acceptors (Lipinski definition) is 5. The molecule has 0 spiro atoms. The van der Waals surface area contributed by atoms with Crippen LogP contribution in [0.5, 0.6) is 0 Å². The molecule has 0 bridgehead atoms. The number of morpholine rings is 1. The lowest BCUT2D eigenvalue weighted by molar-refractivity contribution is -0.00191. The van der Waals surface area contributed by atoms with E-state index in [0.29, 0.717) is 11.6 Å². The van der Waals surface area contributed by atoms with E-state index in [2.05, 4.69) is 36.6 Å². The Morgan fingerprint density at radius 1 is 1.04 bits per heavy atom. The minimum atomic E-state index is -0.249. The second-order valence-corrected chi connectivity index (χ2v) is 8.53. The molecule has 2 aromatic rings. The molecular formula is C23H32N2O3. The van der Waals surface area contributed by atoms with Crippen molar-refractivity contribution in [2.75, 3.05) is 39.4 Å². The smallest absolute Gasteiger partial charge is 0.336 e. The van der Waals surface area contributed by atoms with E-state index in [1.807, 2.05) is 6.07 Å². The molecule has 2 aliphatic rings. The third-order valence-electron chi connectivity index (χ3n) is 6.77. The van der Waals surface area contributed by atoms with E-state index in [0.717, 1.165) is 68.4 Å². The van der Waals surface area contributed by atoms with Crippen molar-refractivity contribution in [1.82, 2.24) is 9.80 Å². The van der Waals surface area contributed by atoms with E-state index < -0.39 is 0 Å². The fourth-order valence-electron chi connectivity index (χ4n) is 4.73. The number of ether oxygens (including phenoxy) is 1. The van der Waals surface area contributed by atoms with E-state index in [4.69, 9.17) is 9.15 Å². The van der Waals surface area contributed by atoms with Crippen LogP contribution < -0.4 is 5.63 Å². The third-order valence-corrected chi connectivity index (χ3v) is 6.77. The van der Waals surface area contributed by atoms with Crippen LogP contribution in [0.15, 0.2) is 27.4 Å². The Bertz CT molecular complexity index is 877. The lowest BCUT2D eigenvalue weighted by Gasteiger charge is -2.41. The molecule has 0 N–H and O–H groups in total. The van der Waals surface area contributed by atoms with Crippen LogP contribution in [0.1, 0.15) is 36.5 Å². The van der Waals surface area contributed by atoms with E-state index in [9.17, 15) is 4.79 Å². The number of likely N-dealkylation sites (tertiary alicyclic amines) is 1. The lowest BCUT2D eigenvalue weighted by atomic mass is 9.89. The zero-order valence-electron chi connectivity index (χ0n) is 17.4. The molecule has 3 heterocycles. The first-order chi connectivity index (χ1) is 13.5. The number of piperidine rings is 1. The Kier molecular flexibility index (Phi) is 5.85. The molecule has 5 heteroatoms. The molecule has 0 saturated carbocycles. The van der Waals surface area contributed by atoms with Gasteiger partial charge in [-0.1, -0.05) is 0 Å². The topological polar surface area (TPSA) is 45.9 Å². The Morgan fingerprint density at radius 2 is 1.71 bits per heavy atom. The summed E-state index contributed by atoms with van der Waals surface area (Å²) < 4.78 is 11.0. The van der Waals surface area contributed by atoms with Gasteiger partial charge >= 0.3 is 5.63 Å². The highest BCUT2D eigenvalue weighted by molar-refractivity contribution is 5.81. The largest absolute Gasteiger partial charge is 0.423 e. The highest BCUT2D eigenvalue weighted by atomic mass is 16.5. The van der Waals surface area contributed by atoms with Gasteiger partial charge in [-0.05, 0) is 81.4 Å². The molecule has 1 aromatic heterocycles. The van der Waals surface area contributed by atoms with Crippen molar-refractivity contribution < 1.29 is 9.15 Å². The summed E-state index contributed by atoms with van der Waals surface area (Å²) in [6, 6.07) is 6.46. The Hall–Kier alpha value is -1.69. The fourth-order valence-corrected chi connectivity index (χ4v) is 4.73. The first-order valence-corrected chi connectivity index (χ1v) is 10.6. The van der Waals surface area contributed by atoms with E-state index in [1.54, 1.807) is 6.07 Å². The summed E-state index contributed by atoms with van der Waals surface area (Å²) >= 11 is 0. The quantitative estimate of drug-likeness (QED) is 0.757. The van der Waals surface area contributed by atoms with Crippen LogP contribution in [0.4, 0.5) is 0 Å². The van der Waals surface area contributed by atoms with Gasteiger partial charge < -0.3 is 9.15 Å². The van der Waals surface area contributed by atoms with Gasteiger partial charge in [0.25, 0.3) is 0 Å². The number of fused-ring (bicyclic) bond motifs is 1. The van der Waals surface area contributed by atoms with Gasteiger partial charge in [0.2, 0.25) is 0 Å². The summed E-state index contributed by atoms with van der Waals surface area (Å²) in [7, 11) is 0. The molecule has 5 nitrogen and oxygen atoms in total. The zero-order valence-corrected chi connectivity index (χ0v) is 17.4. The third kappa shape index (κ3) is 4.17. The van der Waals surface area contributed by atoms with E-state index >= 15 is 0 Å². The first kappa shape index (κ1) is 19.6. The van der Waals surface area contributed by atoms with Crippen molar-refractivity contribution in [2.24, 2.45) is 5.92 Å². The summed E-state index contributed by atoms with van der Waals surface area (Å²) in [5.41, 5.74) is 3.95. The van der Waals surface area contributed by atoms with Crippen LogP contribution in [-0.2, 0) is 11.3 Å². The van der Waals surface area contributed by atoms with Gasteiger partial charge in [-0.25, -0.2) is 4.79 Å². The van der Waals surface area contributed by atoms with E-state index in [-0.39, 0.29) is 5.63 Å². The normalized spacial score (nSPS) is 21.2. The van der Waals surface area contributed by atoms with Crippen molar-refractivity contribution in [3.63, 3.8) is 0 Å². The number of benzene rings is 1. The lowest BCUT2D eigenvalue weighted by Crippen LogP contribution is -2.48. The standard InChI is InChI=1S/C23H32N2O3/c1-16-12-21-20(14-23(26)28-22(21)13-17(16)2)15-24-6-4-19(5-7-24)18(3)25-8-10-27-11-9-25/h12-14,18-19H,4-11,15H2,1-3H3. The highest BCUT2D eigenvalue weighted by Crippen LogP contribution is 2.27. The zero-order chi connectivity index (χ0) is 19.7. The highest BCUT2D eigenvalue weighted by Gasteiger charge is 2.28. The Labute approximate surface area is 167 Å². The van der Waals surface area contributed by atoms with Gasteiger partial charge in [0.1, 0.15) is 5.58 Å².